The number of carbonyl (C=O) groups excluding carboxylic acids is 1. The van der Waals surface area contributed by atoms with Gasteiger partial charge in [0.2, 0.25) is 0 Å². The summed E-state index contributed by atoms with van der Waals surface area (Å²) in [6.45, 7) is 5.50. The summed E-state index contributed by atoms with van der Waals surface area (Å²) in [5.41, 5.74) is 2.19. The van der Waals surface area contributed by atoms with E-state index in [0.29, 0.717) is 11.4 Å². The molecule has 0 atom stereocenters. The molecule has 6 heteroatoms. The summed E-state index contributed by atoms with van der Waals surface area (Å²) >= 11 is 6.20. The predicted octanol–water partition coefficient (Wildman–Crippen LogP) is 4.98. The van der Waals surface area contributed by atoms with E-state index in [2.05, 4.69) is 15.3 Å². The second-order valence-corrected chi connectivity index (χ2v) is 6.91. The van der Waals surface area contributed by atoms with Gasteiger partial charge in [0.25, 0.3) is 0 Å². The lowest BCUT2D eigenvalue weighted by Crippen LogP contribution is -2.23. The minimum absolute atomic E-state index is 0.287. The van der Waals surface area contributed by atoms with Crippen LogP contribution in [0.1, 0.15) is 31.1 Å². The van der Waals surface area contributed by atoms with Crippen molar-refractivity contribution in [1.82, 2.24) is 9.97 Å². The Bertz CT molecular complexity index is 918. The predicted molar refractivity (Wildman–Crippen MR) is 99.4 cm³/mol. The summed E-state index contributed by atoms with van der Waals surface area (Å²) in [6, 6.07) is 14.4. The molecule has 1 aromatic heterocycles. The smallest absolute Gasteiger partial charge is 0.338 e. The van der Waals surface area contributed by atoms with E-state index in [1.165, 1.54) is 0 Å². The van der Waals surface area contributed by atoms with Gasteiger partial charge in [0.15, 0.2) is 11.0 Å². The van der Waals surface area contributed by atoms with E-state index in [1.54, 1.807) is 24.3 Å². The molecule has 1 N–H and O–H groups in total. The third-order valence-corrected chi connectivity index (χ3v) is 3.57. The van der Waals surface area contributed by atoms with Gasteiger partial charge < -0.3 is 10.1 Å². The molecule has 0 fully saturated rings. The lowest BCUT2D eigenvalue weighted by Gasteiger charge is -2.19. The highest BCUT2D eigenvalue weighted by molar-refractivity contribution is 6.32. The molecule has 0 unspecified atom stereocenters. The fourth-order valence-corrected chi connectivity index (χ4v) is 2.40. The third-order valence-electron chi connectivity index (χ3n) is 3.31. The van der Waals surface area contributed by atoms with Crippen molar-refractivity contribution in [2.75, 3.05) is 5.32 Å². The van der Waals surface area contributed by atoms with E-state index in [-0.39, 0.29) is 11.1 Å². The lowest BCUT2D eigenvalue weighted by molar-refractivity contribution is 0.00696. The van der Waals surface area contributed by atoms with Gasteiger partial charge in [0.1, 0.15) is 5.60 Å². The first-order chi connectivity index (χ1) is 11.8. The minimum Gasteiger partial charge on any atom is -0.456 e. The summed E-state index contributed by atoms with van der Waals surface area (Å²) in [7, 11) is 0. The van der Waals surface area contributed by atoms with Gasteiger partial charge in [-0.3, -0.25) is 0 Å². The van der Waals surface area contributed by atoms with Crippen LogP contribution in [0.3, 0.4) is 0 Å². The highest BCUT2D eigenvalue weighted by atomic mass is 35.5. The highest BCUT2D eigenvalue weighted by Crippen LogP contribution is 2.25. The average Bonchev–Trinajstić information content (AvgIpc) is 2.54. The maximum Gasteiger partial charge on any atom is 0.338 e. The molecule has 2 aromatic carbocycles. The molecular formula is C19H18ClN3O2. The number of hydrogen-bond acceptors (Lipinski definition) is 5. The van der Waals surface area contributed by atoms with Crippen LogP contribution in [0.2, 0.25) is 5.15 Å². The molecule has 0 saturated carbocycles. The number of fused-ring (bicyclic) bond motifs is 1. The van der Waals surface area contributed by atoms with Gasteiger partial charge in [-0.05, 0) is 57.2 Å². The summed E-state index contributed by atoms with van der Waals surface area (Å²) in [5.74, 6) is 0.105. The number of rotatable bonds is 3. The molecule has 25 heavy (non-hydrogen) atoms. The van der Waals surface area contributed by atoms with Gasteiger partial charge in [0.05, 0.1) is 16.6 Å². The van der Waals surface area contributed by atoms with Crippen molar-refractivity contribution in [1.29, 1.82) is 0 Å². The van der Waals surface area contributed by atoms with Crippen LogP contribution in [0.5, 0.6) is 0 Å². The molecule has 0 saturated heterocycles. The van der Waals surface area contributed by atoms with Crippen LogP contribution in [-0.4, -0.2) is 21.5 Å². The van der Waals surface area contributed by atoms with Crippen molar-refractivity contribution in [2.24, 2.45) is 0 Å². The Hall–Kier alpha value is -2.66. The summed E-state index contributed by atoms with van der Waals surface area (Å²) in [5, 5.41) is 3.41. The Kier molecular flexibility index (Phi) is 4.59. The molecule has 0 spiro atoms. The monoisotopic (exact) mass is 355 g/mol. The van der Waals surface area contributed by atoms with Crippen LogP contribution in [-0.2, 0) is 4.74 Å². The summed E-state index contributed by atoms with van der Waals surface area (Å²) in [6.07, 6.45) is 0. The van der Waals surface area contributed by atoms with E-state index in [1.807, 2.05) is 45.0 Å². The lowest BCUT2D eigenvalue weighted by atomic mass is 10.1. The molecule has 0 aliphatic rings. The van der Waals surface area contributed by atoms with E-state index < -0.39 is 5.60 Å². The quantitative estimate of drug-likeness (QED) is 0.671. The number of halogens is 1. The number of aromatic nitrogens is 2. The van der Waals surface area contributed by atoms with Crippen molar-refractivity contribution >= 4 is 40.1 Å². The number of nitrogens with zero attached hydrogens (tertiary/aromatic N) is 2. The van der Waals surface area contributed by atoms with Crippen LogP contribution < -0.4 is 5.32 Å². The first-order valence-electron chi connectivity index (χ1n) is 7.84. The van der Waals surface area contributed by atoms with E-state index in [4.69, 9.17) is 16.3 Å². The molecule has 1 heterocycles. The van der Waals surface area contributed by atoms with Crippen LogP contribution in [0, 0.1) is 0 Å². The van der Waals surface area contributed by atoms with Gasteiger partial charge in [-0.1, -0.05) is 23.7 Å². The standard InChI is InChI=1S/C19H18ClN3O2/c1-19(2,3)25-18(24)12-8-10-13(11-9-12)21-17-16(20)22-14-6-4-5-7-15(14)23-17/h4-11H,1-3H3,(H,21,23). The molecule has 5 nitrogen and oxygen atoms in total. The second-order valence-electron chi connectivity index (χ2n) is 6.56. The van der Waals surface area contributed by atoms with Gasteiger partial charge in [-0.15, -0.1) is 0 Å². The van der Waals surface area contributed by atoms with Gasteiger partial charge in [-0.25, -0.2) is 14.8 Å². The van der Waals surface area contributed by atoms with E-state index in [0.717, 1.165) is 16.7 Å². The number of benzene rings is 2. The topological polar surface area (TPSA) is 64.1 Å². The first-order valence-corrected chi connectivity index (χ1v) is 8.22. The van der Waals surface area contributed by atoms with Crippen LogP contribution >= 0.6 is 11.6 Å². The molecule has 0 radical (unpaired) electrons. The minimum atomic E-state index is -0.526. The number of hydrogen-bond donors (Lipinski definition) is 1. The number of carbonyl (C=O) groups is 1. The SMILES string of the molecule is CC(C)(C)OC(=O)c1ccc(Nc2nc3ccccc3nc2Cl)cc1. The molecule has 0 aliphatic heterocycles. The van der Waals surface area contributed by atoms with Crippen molar-refractivity contribution in [3.8, 4) is 0 Å². The van der Waals surface area contributed by atoms with Gasteiger partial charge in [0, 0.05) is 5.69 Å². The average molecular weight is 356 g/mol. The summed E-state index contributed by atoms with van der Waals surface area (Å²) in [4.78, 5) is 20.8. The fourth-order valence-electron chi connectivity index (χ4n) is 2.22. The normalized spacial score (nSPS) is 11.4. The van der Waals surface area contributed by atoms with Gasteiger partial charge >= 0.3 is 5.97 Å². The zero-order valence-corrected chi connectivity index (χ0v) is 15.0. The number of nitrogens with one attached hydrogen (secondary N) is 1. The molecule has 3 aromatic rings. The van der Waals surface area contributed by atoms with E-state index >= 15 is 0 Å². The number of esters is 1. The molecule has 0 amide bonds. The largest absolute Gasteiger partial charge is 0.456 e. The summed E-state index contributed by atoms with van der Waals surface area (Å²) < 4.78 is 5.35. The van der Waals surface area contributed by atoms with Crippen molar-refractivity contribution in [3.05, 3.63) is 59.2 Å². The highest BCUT2D eigenvalue weighted by Gasteiger charge is 2.17. The molecule has 128 valence electrons. The molecule has 3 rings (SSSR count). The molecule has 0 aliphatic carbocycles. The van der Waals surface area contributed by atoms with Crippen molar-refractivity contribution < 1.29 is 9.53 Å². The number of ether oxygens (including phenoxy) is 1. The second kappa shape index (κ2) is 6.69. The van der Waals surface area contributed by atoms with Crippen LogP contribution in [0.4, 0.5) is 11.5 Å². The maximum absolute atomic E-state index is 12.0. The Balaban J connectivity index is 1.80. The Morgan fingerprint density at radius 2 is 1.60 bits per heavy atom. The Labute approximate surface area is 151 Å². The molecular weight excluding hydrogens is 338 g/mol. The molecule has 0 bridgehead atoms. The van der Waals surface area contributed by atoms with Gasteiger partial charge in [-0.2, -0.15) is 0 Å². The van der Waals surface area contributed by atoms with E-state index in [9.17, 15) is 4.79 Å². The van der Waals surface area contributed by atoms with Crippen LogP contribution in [0.25, 0.3) is 11.0 Å². The van der Waals surface area contributed by atoms with Crippen molar-refractivity contribution in [3.63, 3.8) is 0 Å². The van der Waals surface area contributed by atoms with Crippen molar-refractivity contribution in [2.45, 2.75) is 26.4 Å². The Morgan fingerprint density at radius 1 is 1.00 bits per heavy atom. The number of para-hydroxylation sites is 2. The zero-order valence-electron chi connectivity index (χ0n) is 14.2. The van der Waals surface area contributed by atoms with Crippen LogP contribution in [0.15, 0.2) is 48.5 Å². The fraction of sp³-hybridized carbons (Fsp3) is 0.211. The Morgan fingerprint density at radius 3 is 2.20 bits per heavy atom. The first kappa shape index (κ1) is 17.2. The zero-order chi connectivity index (χ0) is 18.0. The maximum atomic E-state index is 12.0. The number of anilines is 2. The third kappa shape index (κ3) is 4.25.